The molecule has 0 aromatic heterocycles. The summed E-state index contributed by atoms with van der Waals surface area (Å²) in [6.45, 7) is 4.66. The molecule has 0 amide bonds. The van der Waals surface area contributed by atoms with Gasteiger partial charge in [0.15, 0.2) is 0 Å². The SMILES string of the molecule is CCC(NCC(C)c1ccccc1)C(=O)O. The van der Waals surface area contributed by atoms with E-state index in [-0.39, 0.29) is 0 Å². The van der Waals surface area contributed by atoms with Crippen molar-refractivity contribution < 1.29 is 9.90 Å². The number of nitrogens with one attached hydrogen (secondary N) is 1. The second-order valence-electron chi connectivity index (χ2n) is 4.02. The molecular weight excluding hydrogens is 202 g/mol. The van der Waals surface area contributed by atoms with Gasteiger partial charge in [0.2, 0.25) is 0 Å². The number of carboxylic acids is 1. The first-order valence-corrected chi connectivity index (χ1v) is 5.66. The maximum absolute atomic E-state index is 10.8. The normalized spacial score (nSPS) is 14.4. The summed E-state index contributed by atoms with van der Waals surface area (Å²) < 4.78 is 0. The summed E-state index contributed by atoms with van der Waals surface area (Å²) >= 11 is 0. The number of aliphatic carboxylic acids is 1. The molecule has 0 saturated carbocycles. The lowest BCUT2D eigenvalue weighted by Gasteiger charge is -2.17. The van der Waals surface area contributed by atoms with E-state index in [0.717, 1.165) is 0 Å². The average Bonchev–Trinajstić information content (AvgIpc) is 2.30. The Labute approximate surface area is 96.5 Å². The minimum atomic E-state index is -0.775. The van der Waals surface area contributed by atoms with Gasteiger partial charge in [0.25, 0.3) is 0 Å². The van der Waals surface area contributed by atoms with Crippen molar-refractivity contribution in [2.24, 2.45) is 0 Å². The minimum absolute atomic E-state index is 0.328. The predicted molar refractivity (Wildman–Crippen MR) is 64.6 cm³/mol. The lowest BCUT2D eigenvalue weighted by molar-refractivity contribution is -0.139. The highest BCUT2D eigenvalue weighted by Crippen LogP contribution is 2.13. The lowest BCUT2D eigenvalue weighted by Crippen LogP contribution is -2.38. The van der Waals surface area contributed by atoms with Gasteiger partial charge in [0.05, 0.1) is 0 Å². The molecule has 3 nitrogen and oxygen atoms in total. The molecule has 0 heterocycles. The van der Waals surface area contributed by atoms with Gasteiger partial charge in [-0.2, -0.15) is 0 Å². The van der Waals surface area contributed by atoms with Crippen LogP contribution < -0.4 is 5.32 Å². The zero-order valence-electron chi connectivity index (χ0n) is 9.81. The van der Waals surface area contributed by atoms with E-state index in [2.05, 4.69) is 24.4 Å². The molecule has 88 valence electrons. The third-order valence-corrected chi connectivity index (χ3v) is 2.75. The Kier molecular flexibility index (Phi) is 4.99. The molecule has 3 heteroatoms. The molecule has 0 aliphatic heterocycles. The van der Waals surface area contributed by atoms with Crippen LogP contribution in [0, 0.1) is 0 Å². The zero-order valence-corrected chi connectivity index (χ0v) is 9.81. The number of hydrogen-bond donors (Lipinski definition) is 2. The summed E-state index contributed by atoms with van der Waals surface area (Å²) in [5.74, 6) is -0.447. The number of carbonyl (C=O) groups is 1. The molecule has 0 radical (unpaired) electrons. The highest BCUT2D eigenvalue weighted by atomic mass is 16.4. The maximum atomic E-state index is 10.8. The monoisotopic (exact) mass is 221 g/mol. The van der Waals surface area contributed by atoms with Gasteiger partial charge in [-0.15, -0.1) is 0 Å². The second-order valence-corrected chi connectivity index (χ2v) is 4.02. The Morgan fingerprint density at radius 2 is 2.00 bits per heavy atom. The van der Waals surface area contributed by atoms with Crippen LogP contribution in [0.25, 0.3) is 0 Å². The molecule has 0 bridgehead atoms. The number of rotatable bonds is 6. The van der Waals surface area contributed by atoms with E-state index in [9.17, 15) is 4.79 Å². The summed E-state index contributed by atoms with van der Waals surface area (Å²) in [5, 5.41) is 12.0. The standard InChI is InChI=1S/C13H19NO2/c1-3-12(13(15)16)14-9-10(2)11-7-5-4-6-8-11/h4-8,10,12,14H,3,9H2,1-2H3,(H,15,16). The molecule has 1 rings (SSSR count). The first-order valence-electron chi connectivity index (χ1n) is 5.66. The Hall–Kier alpha value is -1.35. The molecule has 0 spiro atoms. The number of benzene rings is 1. The van der Waals surface area contributed by atoms with Crippen molar-refractivity contribution in [3.63, 3.8) is 0 Å². The van der Waals surface area contributed by atoms with Gasteiger partial charge >= 0.3 is 5.97 Å². The van der Waals surface area contributed by atoms with E-state index < -0.39 is 12.0 Å². The van der Waals surface area contributed by atoms with E-state index in [1.54, 1.807) is 0 Å². The average molecular weight is 221 g/mol. The quantitative estimate of drug-likeness (QED) is 0.774. The van der Waals surface area contributed by atoms with Crippen LogP contribution in [-0.2, 0) is 4.79 Å². The molecule has 0 aliphatic carbocycles. The largest absolute Gasteiger partial charge is 0.480 e. The number of hydrogen-bond acceptors (Lipinski definition) is 2. The van der Waals surface area contributed by atoms with Crippen LogP contribution in [-0.4, -0.2) is 23.7 Å². The summed E-state index contributed by atoms with van der Waals surface area (Å²) in [7, 11) is 0. The minimum Gasteiger partial charge on any atom is -0.480 e. The van der Waals surface area contributed by atoms with Gasteiger partial charge in [-0.05, 0) is 17.9 Å². The fourth-order valence-corrected chi connectivity index (χ4v) is 1.62. The molecule has 1 aromatic carbocycles. The van der Waals surface area contributed by atoms with Crippen LogP contribution in [0.1, 0.15) is 31.7 Å². The molecule has 2 N–H and O–H groups in total. The summed E-state index contributed by atoms with van der Waals surface area (Å²) in [6, 6.07) is 9.67. The smallest absolute Gasteiger partial charge is 0.320 e. The van der Waals surface area contributed by atoms with Crippen LogP contribution in [0.15, 0.2) is 30.3 Å². The lowest BCUT2D eigenvalue weighted by atomic mass is 10.0. The van der Waals surface area contributed by atoms with E-state index in [0.29, 0.717) is 18.9 Å². The van der Waals surface area contributed by atoms with Crippen LogP contribution in [0.4, 0.5) is 0 Å². The maximum Gasteiger partial charge on any atom is 0.320 e. The van der Waals surface area contributed by atoms with E-state index in [4.69, 9.17) is 5.11 Å². The Bertz CT molecular complexity index is 324. The summed E-state index contributed by atoms with van der Waals surface area (Å²) in [5.41, 5.74) is 1.23. The Morgan fingerprint density at radius 3 is 2.50 bits per heavy atom. The molecule has 16 heavy (non-hydrogen) atoms. The van der Waals surface area contributed by atoms with Gasteiger partial charge in [-0.1, -0.05) is 44.2 Å². The molecule has 0 saturated heterocycles. The fourth-order valence-electron chi connectivity index (χ4n) is 1.62. The van der Waals surface area contributed by atoms with Crippen molar-refractivity contribution in [2.45, 2.75) is 32.2 Å². The van der Waals surface area contributed by atoms with E-state index >= 15 is 0 Å². The van der Waals surface area contributed by atoms with Gasteiger partial charge in [0.1, 0.15) is 6.04 Å². The molecule has 1 aromatic rings. The van der Waals surface area contributed by atoms with Crippen LogP contribution >= 0.6 is 0 Å². The van der Waals surface area contributed by atoms with Crippen molar-refractivity contribution in [2.75, 3.05) is 6.54 Å². The highest BCUT2D eigenvalue weighted by molar-refractivity contribution is 5.73. The van der Waals surface area contributed by atoms with Gasteiger partial charge in [-0.3, -0.25) is 4.79 Å². The first kappa shape index (κ1) is 12.7. The predicted octanol–water partition coefficient (Wildman–Crippen LogP) is 2.24. The fraction of sp³-hybridized carbons (Fsp3) is 0.462. The molecule has 2 unspecified atom stereocenters. The third-order valence-electron chi connectivity index (χ3n) is 2.75. The van der Waals surface area contributed by atoms with Crippen LogP contribution in [0.5, 0.6) is 0 Å². The van der Waals surface area contributed by atoms with Gasteiger partial charge in [0, 0.05) is 6.54 Å². The topological polar surface area (TPSA) is 49.3 Å². The second kappa shape index (κ2) is 6.28. The molecule has 0 aliphatic rings. The van der Waals surface area contributed by atoms with Gasteiger partial charge < -0.3 is 10.4 Å². The van der Waals surface area contributed by atoms with Crippen LogP contribution in [0.2, 0.25) is 0 Å². The van der Waals surface area contributed by atoms with Crippen molar-refractivity contribution in [1.29, 1.82) is 0 Å². The van der Waals surface area contributed by atoms with Crippen molar-refractivity contribution in [3.05, 3.63) is 35.9 Å². The van der Waals surface area contributed by atoms with Crippen molar-refractivity contribution >= 4 is 5.97 Å². The zero-order chi connectivity index (χ0) is 12.0. The van der Waals surface area contributed by atoms with Gasteiger partial charge in [-0.25, -0.2) is 0 Å². The summed E-state index contributed by atoms with van der Waals surface area (Å²) in [6.07, 6.45) is 0.608. The third kappa shape index (κ3) is 3.66. The first-order chi connectivity index (χ1) is 7.65. The van der Waals surface area contributed by atoms with E-state index in [1.165, 1.54) is 5.56 Å². The van der Waals surface area contributed by atoms with E-state index in [1.807, 2.05) is 25.1 Å². The Morgan fingerprint density at radius 1 is 1.38 bits per heavy atom. The van der Waals surface area contributed by atoms with Crippen LogP contribution in [0.3, 0.4) is 0 Å². The molecular formula is C13H19NO2. The van der Waals surface area contributed by atoms with Crippen molar-refractivity contribution in [1.82, 2.24) is 5.32 Å². The van der Waals surface area contributed by atoms with Crippen molar-refractivity contribution in [3.8, 4) is 0 Å². The Balaban J connectivity index is 2.46. The molecule has 0 fully saturated rings. The highest BCUT2D eigenvalue weighted by Gasteiger charge is 2.15. The number of carboxylic acid groups (broad SMARTS) is 1. The molecule has 2 atom stereocenters. The summed E-state index contributed by atoms with van der Waals surface area (Å²) in [4.78, 5) is 10.8.